The van der Waals surface area contributed by atoms with E-state index in [1.807, 2.05) is 72.8 Å². The van der Waals surface area contributed by atoms with Crippen LogP contribution in [0.4, 0.5) is 5.69 Å². The number of carbonyl (C=O) groups is 1. The summed E-state index contributed by atoms with van der Waals surface area (Å²) in [5.41, 5.74) is 5.16. The van der Waals surface area contributed by atoms with Crippen LogP contribution in [0.5, 0.6) is 0 Å². The fourth-order valence-corrected chi connectivity index (χ4v) is 2.46. The summed E-state index contributed by atoms with van der Waals surface area (Å²) >= 11 is 0. The lowest BCUT2D eigenvalue weighted by atomic mass is 10.1. The molecule has 0 saturated carbocycles. The highest BCUT2D eigenvalue weighted by Gasteiger charge is 2.09. The molecule has 0 unspecified atom stereocenters. The maximum atomic E-state index is 12.3. The summed E-state index contributed by atoms with van der Waals surface area (Å²) in [7, 11) is 0. The maximum absolute atomic E-state index is 12.3. The van der Waals surface area contributed by atoms with E-state index in [0.717, 1.165) is 11.1 Å². The second-order valence-corrected chi connectivity index (χ2v) is 5.85. The van der Waals surface area contributed by atoms with E-state index in [0.29, 0.717) is 5.71 Å². The quantitative estimate of drug-likeness (QED) is 0.395. The molecular weight excluding hydrogens is 354 g/mol. The lowest BCUT2D eigenvalue weighted by Gasteiger charge is -2.04. The lowest BCUT2D eigenvalue weighted by Crippen LogP contribution is -2.19. The van der Waals surface area contributed by atoms with Crippen LogP contribution in [0.2, 0.25) is 0 Å². The van der Waals surface area contributed by atoms with E-state index in [2.05, 4.69) is 10.5 Å². The Hall–Kier alpha value is -4.06. The second-order valence-electron chi connectivity index (χ2n) is 5.85. The van der Waals surface area contributed by atoms with Crippen molar-refractivity contribution >= 4 is 23.4 Å². The van der Waals surface area contributed by atoms with Gasteiger partial charge in [0.25, 0.3) is 11.6 Å². The van der Waals surface area contributed by atoms with Crippen molar-refractivity contribution in [2.45, 2.75) is 0 Å². The molecule has 3 aromatic rings. The van der Waals surface area contributed by atoms with Crippen LogP contribution in [-0.2, 0) is 0 Å². The zero-order valence-corrected chi connectivity index (χ0v) is 14.9. The van der Waals surface area contributed by atoms with Crippen LogP contribution >= 0.6 is 0 Å². The number of hydrogen-bond donors (Lipinski definition) is 1. The van der Waals surface area contributed by atoms with E-state index < -0.39 is 10.8 Å². The van der Waals surface area contributed by atoms with Gasteiger partial charge in [0, 0.05) is 23.3 Å². The zero-order valence-electron chi connectivity index (χ0n) is 14.9. The molecule has 0 spiro atoms. The van der Waals surface area contributed by atoms with Gasteiger partial charge in [-0.2, -0.15) is 5.10 Å². The first-order valence-electron chi connectivity index (χ1n) is 8.54. The molecule has 0 radical (unpaired) electrons. The summed E-state index contributed by atoms with van der Waals surface area (Å²) < 4.78 is 0. The number of benzene rings is 3. The van der Waals surface area contributed by atoms with Crippen molar-refractivity contribution in [3.05, 3.63) is 118 Å². The van der Waals surface area contributed by atoms with Crippen LogP contribution in [-0.4, -0.2) is 16.5 Å². The van der Waals surface area contributed by atoms with Gasteiger partial charge < -0.3 is 0 Å². The SMILES string of the molecule is O=C(NN=C(C=Cc1ccccc1)c1ccccc1)c1ccc([N+](=O)[O-])cc1. The molecule has 0 heterocycles. The van der Waals surface area contributed by atoms with Crippen molar-refractivity contribution in [2.24, 2.45) is 5.10 Å². The van der Waals surface area contributed by atoms with Crippen LogP contribution in [0.15, 0.2) is 96.1 Å². The first-order valence-corrected chi connectivity index (χ1v) is 8.54. The molecule has 0 bridgehead atoms. The summed E-state index contributed by atoms with van der Waals surface area (Å²) in [6.07, 6.45) is 3.73. The lowest BCUT2D eigenvalue weighted by molar-refractivity contribution is -0.384. The molecule has 0 fully saturated rings. The molecule has 3 rings (SSSR count). The van der Waals surface area contributed by atoms with Crippen LogP contribution in [0, 0.1) is 10.1 Å². The largest absolute Gasteiger partial charge is 0.271 e. The minimum atomic E-state index is -0.512. The molecule has 6 nitrogen and oxygen atoms in total. The van der Waals surface area contributed by atoms with Crippen molar-refractivity contribution in [1.82, 2.24) is 5.43 Å². The Balaban J connectivity index is 1.81. The van der Waals surface area contributed by atoms with Gasteiger partial charge in [0.05, 0.1) is 10.6 Å². The van der Waals surface area contributed by atoms with Gasteiger partial charge in [-0.25, -0.2) is 5.43 Å². The van der Waals surface area contributed by atoms with Crippen molar-refractivity contribution in [2.75, 3.05) is 0 Å². The first kappa shape index (κ1) is 18.7. The highest BCUT2D eigenvalue weighted by atomic mass is 16.6. The monoisotopic (exact) mass is 371 g/mol. The van der Waals surface area contributed by atoms with Crippen molar-refractivity contribution in [1.29, 1.82) is 0 Å². The summed E-state index contributed by atoms with van der Waals surface area (Å²) in [4.78, 5) is 22.5. The molecule has 0 saturated heterocycles. The number of carbonyl (C=O) groups excluding carboxylic acids is 1. The number of nitro groups is 1. The number of hydrazone groups is 1. The van der Waals surface area contributed by atoms with Gasteiger partial charge in [0.15, 0.2) is 0 Å². The summed E-state index contributed by atoms with van der Waals surface area (Å²) in [5, 5.41) is 15.0. The highest BCUT2D eigenvalue weighted by Crippen LogP contribution is 2.12. The van der Waals surface area contributed by atoms with E-state index >= 15 is 0 Å². The number of nitro benzene ring substituents is 1. The predicted molar refractivity (Wildman–Crippen MR) is 109 cm³/mol. The summed E-state index contributed by atoms with van der Waals surface area (Å²) in [5.74, 6) is -0.448. The van der Waals surface area contributed by atoms with Crippen molar-refractivity contribution in [3.8, 4) is 0 Å². The van der Waals surface area contributed by atoms with Gasteiger partial charge >= 0.3 is 0 Å². The summed E-state index contributed by atoms with van der Waals surface area (Å²) in [6.45, 7) is 0. The summed E-state index contributed by atoms with van der Waals surface area (Å²) in [6, 6.07) is 24.6. The molecule has 1 amide bonds. The van der Waals surface area contributed by atoms with Crippen LogP contribution in [0.3, 0.4) is 0 Å². The Morgan fingerprint density at radius 3 is 2.07 bits per heavy atom. The third-order valence-electron chi connectivity index (χ3n) is 3.92. The first-order chi connectivity index (χ1) is 13.6. The van der Waals surface area contributed by atoms with Gasteiger partial charge in [-0.3, -0.25) is 14.9 Å². The Bertz CT molecular complexity index is 1010. The molecule has 138 valence electrons. The van der Waals surface area contributed by atoms with Gasteiger partial charge in [-0.15, -0.1) is 0 Å². The molecule has 0 aliphatic rings. The Morgan fingerprint density at radius 1 is 0.857 bits per heavy atom. The molecule has 6 heteroatoms. The average Bonchev–Trinajstić information content (AvgIpc) is 2.75. The molecule has 0 atom stereocenters. The van der Waals surface area contributed by atoms with Crippen LogP contribution in [0.1, 0.15) is 21.5 Å². The van der Waals surface area contributed by atoms with Gasteiger partial charge in [-0.1, -0.05) is 66.7 Å². The highest BCUT2D eigenvalue weighted by molar-refractivity contribution is 6.11. The fourth-order valence-electron chi connectivity index (χ4n) is 2.46. The fraction of sp³-hybridized carbons (Fsp3) is 0. The topological polar surface area (TPSA) is 84.6 Å². The van der Waals surface area contributed by atoms with E-state index in [4.69, 9.17) is 0 Å². The van der Waals surface area contributed by atoms with Gasteiger partial charge in [0.1, 0.15) is 0 Å². The minimum Gasteiger partial charge on any atom is -0.267 e. The van der Waals surface area contributed by atoms with E-state index in [-0.39, 0.29) is 11.3 Å². The Kier molecular flexibility index (Phi) is 6.05. The number of rotatable bonds is 6. The maximum Gasteiger partial charge on any atom is 0.271 e. The van der Waals surface area contributed by atoms with E-state index in [1.165, 1.54) is 24.3 Å². The van der Waals surface area contributed by atoms with E-state index in [1.54, 1.807) is 0 Å². The molecule has 0 aliphatic carbocycles. The third-order valence-corrected chi connectivity index (χ3v) is 3.92. The number of allylic oxidation sites excluding steroid dienone is 1. The average molecular weight is 371 g/mol. The van der Waals surface area contributed by atoms with Crippen LogP contribution in [0.25, 0.3) is 6.08 Å². The number of non-ortho nitro benzene ring substituents is 1. The molecular formula is C22H17N3O3. The van der Waals surface area contributed by atoms with Gasteiger partial charge in [-0.05, 0) is 23.8 Å². The van der Waals surface area contributed by atoms with Crippen molar-refractivity contribution in [3.63, 3.8) is 0 Å². The Morgan fingerprint density at radius 2 is 1.46 bits per heavy atom. The molecule has 1 N–H and O–H groups in total. The van der Waals surface area contributed by atoms with Crippen molar-refractivity contribution < 1.29 is 9.72 Å². The number of nitrogens with zero attached hydrogens (tertiary/aromatic N) is 2. The smallest absolute Gasteiger partial charge is 0.267 e. The normalized spacial score (nSPS) is 11.4. The molecule has 0 aromatic heterocycles. The van der Waals surface area contributed by atoms with E-state index in [9.17, 15) is 14.9 Å². The standard InChI is InChI=1S/C22H17N3O3/c26-22(19-12-14-20(15-13-19)25(27)28)24-23-21(18-9-5-2-6-10-18)16-11-17-7-3-1-4-8-17/h1-16H,(H,24,26). The second kappa shape index (κ2) is 9.05. The predicted octanol–water partition coefficient (Wildman–Crippen LogP) is 4.44. The third kappa shape index (κ3) is 4.98. The zero-order chi connectivity index (χ0) is 19.8. The molecule has 0 aliphatic heterocycles. The number of amides is 1. The molecule has 28 heavy (non-hydrogen) atoms. The number of hydrogen-bond acceptors (Lipinski definition) is 4. The Labute approximate surface area is 162 Å². The van der Waals surface area contributed by atoms with Gasteiger partial charge in [0.2, 0.25) is 0 Å². The number of nitrogens with one attached hydrogen (secondary N) is 1. The molecule has 3 aromatic carbocycles. The minimum absolute atomic E-state index is 0.0733. The van der Waals surface area contributed by atoms with Crippen LogP contribution < -0.4 is 5.43 Å².